The van der Waals surface area contributed by atoms with Gasteiger partial charge in [0.25, 0.3) is 11.8 Å². The number of hydrogen-bond acceptors (Lipinski definition) is 5. The van der Waals surface area contributed by atoms with Crippen molar-refractivity contribution in [1.82, 2.24) is 10.3 Å². The molecular formula is C18H18N4O2S. The molecular weight excluding hydrogens is 336 g/mol. The normalized spacial score (nSPS) is 10.6. The van der Waals surface area contributed by atoms with Crippen molar-refractivity contribution in [3.8, 4) is 0 Å². The Morgan fingerprint density at radius 2 is 1.80 bits per heavy atom. The van der Waals surface area contributed by atoms with Crippen LogP contribution in [0, 0.1) is 0 Å². The van der Waals surface area contributed by atoms with Gasteiger partial charge in [0, 0.05) is 17.7 Å². The first-order valence-electron chi connectivity index (χ1n) is 7.92. The number of anilines is 1. The number of nitrogens with two attached hydrogens (primary N) is 1. The summed E-state index contributed by atoms with van der Waals surface area (Å²) in [5.41, 5.74) is 7.10. The van der Waals surface area contributed by atoms with Crippen LogP contribution in [0.2, 0.25) is 0 Å². The summed E-state index contributed by atoms with van der Waals surface area (Å²) in [5, 5.41) is 6.09. The van der Waals surface area contributed by atoms with Gasteiger partial charge in [-0.05, 0) is 43.3 Å². The van der Waals surface area contributed by atoms with E-state index >= 15 is 0 Å². The average molecular weight is 354 g/mol. The molecule has 1 heterocycles. The second-order valence-electron chi connectivity index (χ2n) is 5.42. The number of benzene rings is 2. The molecule has 3 aromatic rings. The molecule has 0 radical (unpaired) electrons. The van der Waals surface area contributed by atoms with Crippen molar-refractivity contribution in [3.05, 3.63) is 59.7 Å². The molecule has 2 amide bonds. The van der Waals surface area contributed by atoms with E-state index in [1.165, 1.54) is 11.3 Å². The van der Waals surface area contributed by atoms with Crippen LogP contribution in [0.15, 0.2) is 48.5 Å². The minimum absolute atomic E-state index is 0.219. The number of amides is 2. The van der Waals surface area contributed by atoms with Crippen LogP contribution in [-0.4, -0.2) is 29.9 Å². The number of hydrogen-bond donors (Lipinski definition) is 3. The zero-order chi connectivity index (χ0) is 17.6. The van der Waals surface area contributed by atoms with E-state index in [9.17, 15) is 9.59 Å². The van der Waals surface area contributed by atoms with Crippen LogP contribution in [0.3, 0.4) is 0 Å². The van der Waals surface area contributed by atoms with Gasteiger partial charge < -0.3 is 11.1 Å². The van der Waals surface area contributed by atoms with Crippen molar-refractivity contribution in [2.45, 2.75) is 6.42 Å². The molecule has 0 fully saturated rings. The predicted octanol–water partition coefficient (Wildman–Crippen LogP) is 2.63. The molecule has 0 saturated carbocycles. The first-order chi connectivity index (χ1) is 12.2. The van der Waals surface area contributed by atoms with Crippen LogP contribution in [0.25, 0.3) is 10.2 Å². The Balaban J connectivity index is 1.71. The molecule has 2 aromatic carbocycles. The number of carbonyl (C=O) groups excluding carboxylic acids is 2. The lowest BCUT2D eigenvalue weighted by Crippen LogP contribution is -2.26. The SMILES string of the molecule is NCCCNC(=O)c1cccc(C(=O)Nc2nc3ccccc3s2)c1. The van der Waals surface area contributed by atoms with E-state index in [1.807, 2.05) is 24.3 Å². The van der Waals surface area contributed by atoms with Crippen LogP contribution in [-0.2, 0) is 0 Å². The molecule has 6 nitrogen and oxygen atoms in total. The molecule has 25 heavy (non-hydrogen) atoms. The Hall–Kier alpha value is -2.77. The van der Waals surface area contributed by atoms with Crippen molar-refractivity contribution in [3.63, 3.8) is 0 Å². The monoisotopic (exact) mass is 354 g/mol. The Kier molecular flexibility index (Phi) is 5.37. The number of aromatic nitrogens is 1. The summed E-state index contributed by atoms with van der Waals surface area (Å²) in [6.07, 6.45) is 0.712. The Morgan fingerprint density at radius 1 is 1.04 bits per heavy atom. The number of nitrogens with one attached hydrogen (secondary N) is 2. The maximum Gasteiger partial charge on any atom is 0.257 e. The zero-order valence-corrected chi connectivity index (χ0v) is 14.3. The van der Waals surface area contributed by atoms with Crippen LogP contribution in [0.1, 0.15) is 27.1 Å². The smallest absolute Gasteiger partial charge is 0.257 e. The maximum atomic E-state index is 12.4. The number of rotatable bonds is 6. The van der Waals surface area contributed by atoms with Crippen LogP contribution in [0.5, 0.6) is 0 Å². The number of nitrogens with zero attached hydrogens (tertiary/aromatic N) is 1. The molecule has 4 N–H and O–H groups in total. The van der Waals surface area contributed by atoms with Crippen LogP contribution < -0.4 is 16.4 Å². The fourth-order valence-electron chi connectivity index (χ4n) is 2.30. The molecule has 0 aliphatic heterocycles. The molecule has 0 aliphatic rings. The highest BCUT2D eigenvalue weighted by atomic mass is 32.1. The standard InChI is InChI=1S/C18H18N4O2S/c19-9-4-10-20-16(23)12-5-3-6-13(11-12)17(24)22-18-21-14-7-1-2-8-15(14)25-18/h1-3,5-8,11H,4,9-10,19H2,(H,20,23)(H,21,22,24). The van der Waals surface area contributed by atoms with Crippen LogP contribution >= 0.6 is 11.3 Å². The summed E-state index contributed by atoms with van der Waals surface area (Å²) < 4.78 is 1.01. The molecule has 0 bridgehead atoms. The van der Waals surface area contributed by atoms with E-state index in [0.29, 0.717) is 35.8 Å². The third-order valence-corrected chi connectivity index (χ3v) is 4.52. The topological polar surface area (TPSA) is 97.1 Å². The Morgan fingerprint density at radius 3 is 2.56 bits per heavy atom. The van der Waals surface area contributed by atoms with E-state index in [4.69, 9.17) is 5.73 Å². The third-order valence-electron chi connectivity index (χ3n) is 3.57. The van der Waals surface area contributed by atoms with Gasteiger partial charge in [-0.15, -0.1) is 0 Å². The number of carbonyl (C=O) groups is 2. The number of para-hydroxylation sites is 1. The molecule has 0 atom stereocenters. The molecule has 0 spiro atoms. The van der Waals surface area contributed by atoms with Gasteiger partial charge >= 0.3 is 0 Å². The van der Waals surface area contributed by atoms with Crippen molar-refractivity contribution < 1.29 is 9.59 Å². The van der Waals surface area contributed by atoms with E-state index < -0.39 is 0 Å². The summed E-state index contributed by atoms with van der Waals surface area (Å²) in [6.45, 7) is 1.03. The second kappa shape index (κ2) is 7.87. The van der Waals surface area contributed by atoms with Gasteiger partial charge in [0.15, 0.2) is 5.13 Å². The predicted molar refractivity (Wildman–Crippen MR) is 100 cm³/mol. The second-order valence-corrected chi connectivity index (χ2v) is 6.45. The fraction of sp³-hybridized carbons (Fsp3) is 0.167. The van der Waals surface area contributed by atoms with Gasteiger partial charge in [0.2, 0.25) is 0 Å². The molecule has 128 valence electrons. The molecule has 7 heteroatoms. The summed E-state index contributed by atoms with van der Waals surface area (Å²) in [6, 6.07) is 14.3. The van der Waals surface area contributed by atoms with Gasteiger partial charge in [0.1, 0.15) is 0 Å². The van der Waals surface area contributed by atoms with Gasteiger partial charge in [-0.25, -0.2) is 4.98 Å². The Labute approximate surface area is 149 Å². The molecule has 3 rings (SSSR count). The summed E-state index contributed by atoms with van der Waals surface area (Å²) in [5.74, 6) is -0.515. The first kappa shape index (κ1) is 17.1. The van der Waals surface area contributed by atoms with Gasteiger partial charge in [0.05, 0.1) is 10.2 Å². The third kappa shape index (κ3) is 4.20. The van der Waals surface area contributed by atoms with E-state index in [1.54, 1.807) is 24.3 Å². The highest BCUT2D eigenvalue weighted by Gasteiger charge is 2.12. The van der Waals surface area contributed by atoms with Crippen molar-refractivity contribution >= 4 is 38.5 Å². The molecule has 1 aromatic heterocycles. The molecule has 0 unspecified atom stereocenters. The van der Waals surface area contributed by atoms with Crippen molar-refractivity contribution in [2.75, 3.05) is 18.4 Å². The van der Waals surface area contributed by atoms with Crippen molar-refractivity contribution in [2.24, 2.45) is 5.73 Å². The molecule has 0 aliphatic carbocycles. The molecule has 0 saturated heterocycles. The fourth-order valence-corrected chi connectivity index (χ4v) is 3.16. The minimum atomic E-state index is -0.296. The lowest BCUT2D eigenvalue weighted by atomic mass is 10.1. The zero-order valence-electron chi connectivity index (χ0n) is 13.5. The quantitative estimate of drug-likeness (QED) is 0.593. The lowest BCUT2D eigenvalue weighted by molar-refractivity contribution is 0.0953. The van der Waals surface area contributed by atoms with E-state index in [-0.39, 0.29) is 11.8 Å². The Bertz CT molecular complexity index is 874. The minimum Gasteiger partial charge on any atom is -0.352 e. The first-order valence-corrected chi connectivity index (χ1v) is 8.74. The van der Waals surface area contributed by atoms with E-state index in [0.717, 1.165) is 10.2 Å². The maximum absolute atomic E-state index is 12.4. The van der Waals surface area contributed by atoms with Crippen molar-refractivity contribution in [1.29, 1.82) is 0 Å². The summed E-state index contributed by atoms with van der Waals surface area (Å²) in [7, 11) is 0. The number of fused-ring (bicyclic) bond motifs is 1. The van der Waals surface area contributed by atoms with Crippen LogP contribution in [0.4, 0.5) is 5.13 Å². The highest BCUT2D eigenvalue weighted by Crippen LogP contribution is 2.25. The average Bonchev–Trinajstić information content (AvgIpc) is 3.04. The summed E-state index contributed by atoms with van der Waals surface area (Å²) in [4.78, 5) is 28.9. The largest absolute Gasteiger partial charge is 0.352 e. The van der Waals surface area contributed by atoms with Gasteiger partial charge in [-0.2, -0.15) is 0 Å². The summed E-state index contributed by atoms with van der Waals surface area (Å²) >= 11 is 1.41. The van der Waals surface area contributed by atoms with Gasteiger partial charge in [-0.3, -0.25) is 14.9 Å². The van der Waals surface area contributed by atoms with E-state index in [2.05, 4.69) is 15.6 Å². The number of thiazole rings is 1. The lowest BCUT2D eigenvalue weighted by Gasteiger charge is -2.06. The van der Waals surface area contributed by atoms with Gasteiger partial charge in [-0.1, -0.05) is 29.5 Å². The highest BCUT2D eigenvalue weighted by molar-refractivity contribution is 7.22.